The summed E-state index contributed by atoms with van der Waals surface area (Å²) < 4.78 is 1.38. The van der Waals surface area contributed by atoms with E-state index in [1.54, 1.807) is 7.05 Å². The predicted octanol–water partition coefficient (Wildman–Crippen LogP) is 2.06. The van der Waals surface area contributed by atoms with Crippen molar-refractivity contribution in [2.45, 2.75) is 6.54 Å². The molecule has 2 N–H and O–H groups in total. The van der Waals surface area contributed by atoms with Crippen LogP contribution in [0.25, 0.3) is 22.0 Å². The fourth-order valence-electron chi connectivity index (χ4n) is 2.36. The quantitative estimate of drug-likeness (QED) is 0.771. The maximum absolute atomic E-state index is 12.1. The number of aryl methyl sites for hydroxylation is 1. The number of hydrogen-bond donors (Lipinski definition) is 1. The SMILES string of the molecule is Cn1nc(-c2cccc(CN)c2)c2ccccc2c1=O. The van der Waals surface area contributed by atoms with Crippen LogP contribution in [-0.4, -0.2) is 9.78 Å². The van der Waals surface area contributed by atoms with E-state index in [0.717, 1.165) is 22.2 Å². The third-order valence-electron chi connectivity index (χ3n) is 3.39. The number of hydrogen-bond acceptors (Lipinski definition) is 3. The van der Waals surface area contributed by atoms with Crippen molar-refractivity contribution < 1.29 is 0 Å². The number of fused-ring (bicyclic) bond motifs is 1. The van der Waals surface area contributed by atoms with Gasteiger partial charge in [0.2, 0.25) is 0 Å². The molecule has 0 amide bonds. The molecule has 0 fully saturated rings. The Balaban J connectivity index is 2.36. The average molecular weight is 265 g/mol. The molecule has 3 aromatic rings. The molecule has 2 aromatic carbocycles. The molecule has 1 aromatic heterocycles. The maximum Gasteiger partial charge on any atom is 0.274 e. The van der Waals surface area contributed by atoms with Gasteiger partial charge in [-0.1, -0.05) is 36.4 Å². The first-order valence-corrected chi connectivity index (χ1v) is 6.46. The van der Waals surface area contributed by atoms with Gasteiger partial charge in [0.25, 0.3) is 5.56 Å². The van der Waals surface area contributed by atoms with Crippen molar-refractivity contribution in [3.05, 3.63) is 64.4 Å². The van der Waals surface area contributed by atoms with Crippen LogP contribution in [0, 0.1) is 0 Å². The van der Waals surface area contributed by atoms with Crippen LogP contribution in [0.4, 0.5) is 0 Å². The minimum atomic E-state index is -0.0840. The molecule has 4 nitrogen and oxygen atoms in total. The zero-order valence-corrected chi connectivity index (χ0v) is 11.2. The van der Waals surface area contributed by atoms with Crippen molar-refractivity contribution in [2.75, 3.05) is 0 Å². The van der Waals surface area contributed by atoms with Crippen LogP contribution in [0.1, 0.15) is 5.56 Å². The van der Waals surface area contributed by atoms with Gasteiger partial charge in [-0.3, -0.25) is 4.79 Å². The standard InChI is InChI=1S/C16H15N3O/c1-19-16(20)14-8-3-2-7-13(14)15(18-19)12-6-4-5-11(9-12)10-17/h2-9H,10,17H2,1H3. The molecule has 0 spiro atoms. The third-order valence-corrected chi connectivity index (χ3v) is 3.39. The van der Waals surface area contributed by atoms with Crippen LogP contribution in [0.2, 0.25) is 0 Å². The molecule has 4 heteroatoms. The first-order valence-electron chi connectivity index (χ1n) is 6.46. The molecule has 3 rings (SSSR count). The number of nitrogens with zero attached hydrogens (tertiary/aromatic N) is 2. The van der Waals surface area contributed by atoms with Crippen molar-refractivity contribution in [1.29, 1.82) is 0 Å². The van der Waals surface area contributed by atoms with Crippen molar-refractivity contribution in [3.8, 4) is 11.3 Å². The molecule has 100 valence electrons. The minimum absolute atomic E-state index is 0.0840. The summed E-state index contributed by atoms with van der Waals surface area (Å²) in [7, 11) is 1.67. The topological polar surface area (TPSA) is 60.9 Å². The summed E-state index contributed by atoms with van der Waals surface area (Å²) in [5, 5.41) is 5.95. The van der Waals surface area contributed by atoms with E-state index in [1.165, 1.54) is 4.68 Å². The highest BCUT2D eigenvalue weighted by Crippen LogP contribution is 2.25. The number of benzene rings is 2. The van der Waals surface area contributed by atoms with Crippen LogP contribution in [0.5, 0.6) is 0 Å². The zero-order chi connectivity index (χ0) is 14.1. The van der Waals surface area contributed by atoms with E-state index in [4.69, 9.17) is 5.73 Å². The van der Waals surface area contributed by atoms with Gasteiger partial charge < -0.3 is 5.73 Å². The highest BCUT2D eigenvalue weighted by molar-refractivity contribution is 5.93. The van der Waals surface area contributed by atoms with E-state index in [0.29, 0.717) is 11.9 Å². The molecule has 0 saturated carbocycles. The Bertz CT molecular complexity index is 836. The Morgan fingerprint density at radius 2 is 1.85 bits per heavy atom. The number of nitrogens with two attached hydrogens (primary N) is 1. The van der Waals surface area contributed by atoms with E-state index >= 15 is 0 Å². The van der Waals surface area contributed by atoms with E-state index < -0.39 is 0 Å². The molecule has 0 aliphatic carbocycles. The van der Waals surface area contributed by atoms with Gasteiger partial charge in [0.05, 0.1) is 11.1 Å². The molecule has 0 radical (unpaired) electrons. The normalized spacial score (nSPS) is 10.9. The van der Waals surface area contributed by atoms with Gasteiger partial charge in [-0.2, -0.15) is 5.10 Å². The van der Waals surface area contributed by atoms with Gasteiger partial charge in [0.1, 0.15) is 0 Å². The molecule has 20 heavy (non-hydrogen) atoms. The van der Waals surface area contributed by atoms with E-state index in [1.807, 2.05) is 48.5 Å². The Labute approximate surface area is 116 Å². The molecule has 0 bridgehead atoms. The van der Waals surface area contributed by atoms with E-state index in [2.05, 4.69) is 5.10 Å². The van der Waals surface area contributed by atoms with Crippen molar-refractivity contribution in [2.24, 2.45) is 12.8 Å². The molecule has 0 unspecified atom stereocenters. The second-order valence-electron chi connectivity index (χ2n) is 4.73. The largest absolute Gasteiger partial charge is 0.326 e. The first-order chi connectivity index (χ1) is 9.70. The van der Waals surface area contributed by atoms with Gasteiger partial charge in [-0.15, -0.1) is 0 Å². The third kappa shape index (κ3) is 2.00. The number of aromatic nitrogens is 2. The molecule has 0 saturated heterocycles. The van der Waals surface area contributed by atoms with Crippen LogP contribution in [-0.2, 0) is 13.6 Å². The lowest BCUT2D eigenvalue weighted by Gasteiger charge is -2.09. The Kier molecular flexibility index (Phi) is 3.08. The zero-order valence-electron chi connectivity index (χ0n) is 11.2. The summed E-state index contributed by atoms with van der Waals surface area (Å²) in [5.41, 5.74) is 8.42. The summed E-state index contributed by atoms with van der Waals surface area (Å²) in [5.74, 6) is 0. The summed E-state index contributed by atoms with van der Waals surface area (Å²) in [6.45, 7) is 0.484. The fraction of sp³-hybridized carbons (Fsp3) is 0.125. The maximum atomic E-state index is 12.1. The number of rotatable bonds is 2. The Morgan fingerprint density at radius 3 is 2.60 bits per heavy atom. The Hall–Kier alpha value is -2.46. The predicted molar refractivity (Wildman–Crippen MR) is 80.3 cm³/mol. The minimum Gasteiger partial charge on any atom is -0.326 e. The van der Waals surface area contributed by atoms with Gasteiger partial charge in [0, 0.05) is 24.5 Å². The molecular formula is C16H15N3O. The molecular weight excluding hydrogens is 250 g/mol. The fourth-order valence-corrected chi connectivity index (χ4v) is 2.36. The van der Waals surface area contributed by atoms with E-state index in [-0.39, 0.29) is 5.56 Å². The highest BCUT2D eigenvalue weighted by atomic mass is 16.1. The van der Waals surface area contributed by atoms with Crippen LogP contribution >= 0.6 is 0 Å². The molecule has 0 aliphatic rings. The molecule has 1 heterocycles. The first kappa shape index (κ1) is 12.6. The molecule has 0 atom stereocenters. The van der Waals surface area contributed by atoms with Crippen molar-refractivity contribution in [3.63, 3.8) is 0 Å². The average Bonchev–Trinajstić information content (AvgIpc) is 2.51. The van der Waals surface area contributed by atoms with Crippen LogP contribution in [0.3, 0.4) is 0 Å². The van der Waals surface area contributed by atoms with Crippen LogP contribution < -0.4 is 11.3 Å². The van der Waals surface area contributed by atoms with Crippen LogP contribution in [0.15, 0.2) is 53.3 Å². The smallest absolute Gasteiger partial charge is 0.274 e. The van der Waals surface area contributed by atoms with Gasteiger partial charge in [0.15, 0.2) is 0 Å². The van der Waals surface area contributed by atoms with Gasteiger partial charge in [-0.25, -0.2) is 4.68 Å². The lowest BCUT2D eigenvalue weighted by atomic mass is 10.0. The summed E-state index contributed by atoms with van der Waals surface area (Å²) >= 11 is 0. The second-order valence-corrected chi connectivity index (χ2v) is 4.73. The summed E-state index contributed by atoms with van der Waals surface area (Å²) in [4.78, 5) is 12.1. The van der Waals surface area contributed by atoms with E-state index in [9.17, 15) is 4.79 Å². The summed E-state index contributed by atoms with van der Waals surface area (Å²) in [6.07, 6.45) is 0. The Morgan fingerprint density at radius 1 is 1.10 bits per heavy atom. The second kappa shape index (κ2) is 4.90. The highest BCUT2D eigenvalue weighted by Gasteiger charge is 2.10. The monoisotopic (exact) mass is 265 g/mol. The molecule has 0 aliphatic heterocycles. The lowest BCUT2D eigenvalue weighted by molar-refractivity contribution is 0.722. The van der Waals surface area contributed by atoms with Crippen molar-refractivity contribution in [1.82, 2.24) is 9.78 Å². The lowest BCUT2D eigenvalue weighted by Crippen LogP contribution is -2.20. The summed E-state index contributed by atoms with van der Waals surface area (Å²) in [6, 6.07) is 15.5. The van der Waals surface area contributed by atoms with Crippen molar-refractivity contribution >= 4 is 10.8 Å². The van der Waals surface area contributed by atoms with Gasteiger partial charge >= 0.3 is 0 Å². The van der Waals surface area contributed by atoms with Gasteiger partial charge in [-0.05, 0) is 17.7 Å².